The molecule has 1 heterocycles. The van der Waals surface area contributed by atoms with Gasteiger partial charge in [-0.25, -0.2) is 9.82 Å². The normalized spacial score (nSPS) is 10.9. The van der Waals surface area contributed by atoms with Crippen molar-refractivity contribution < 1.29 is 9.18 Å². The number of aromatic nitrogens is 1. The molecule has 1 aromatic heterocycles. The number of amides is 1. The molecule has 6 heteroatoms. The van der Waals surface area contributed by atoms with E-state index in [1.54, 1.807) is 12.3 Å². The van der Waals surface area contributed by atoms with Gasteiger partial charge in [-0.2, -0.15) is 5.10 Å². The highest BCUT2D eigenvalue weighted by atomic mass is 19.1. The fraction of sp³-hybridized carbons (Fsp3) is 0.0952. The van der Waals surface area contributed by atoms with E-state index < -0.39 is 11.5 Å². The summed E-state index contributed by atoms with van der Waals surface area (Å²) in [5.41, 5.74) is 4.66. The molecular weight excluding hydrogens is 345 g/mol. The molecule has 136 valence electrons. The summed E-state index contributed by atoms with van der Waals surface area (Å²) in [7, 11) is 0. The summed E-state index contributed by atoms with van der Waals surface area (Å²) in [6, 6.07) is 16.6. The van der Waals surface area contributed by atoms with Crippen LogP contribution in [0.5, 0.6) is 0 Å². The minimum atomic E-state index is -0.600. The predicted octanol–water partition coefficient (Wildman–Crippen LogP) is 3.11. The second-order valence-electron chi connectivity index (χ2n) is 6.09. The first-order valence-electron chi connectivity index (χ1n) is 8.37. The molecule has 0 aliphatic heterocycles. The molecule has 0 spiro atoms. The van der Waals surface area contributed by atoms with Crippen LogP contribution in [0.15, 0.2) is 76.8 Å². The number of hydrogen-bond acceptors (Lipinski definition) is 3. The Kier molecular flexibility index (Phi) is 5.56. The molecule has 0 fully saturated rings. The van der Waals surface area contributed by atoms with Crippen LogP contribution < -0.4 is 11.0 Å². The van der Waals surface area contributed by atoms with Gasteiger partial charge in [-0.05, 0) is 42.3 Å². The van der Waals surface area contributed by atoms with Crippen LogP contribution in [0.3, 0.4) is 0 Å². The molecule has 1 amide bonds. The van der Waals surface area contributed by atoms with Crippen LogP contribution in [0.1, 0.15) is 27.0 Å². The number of hydrazone groups is 1. The third-order valence-electron chi connectivity index (χ3n) is 3.99. The van der Waals surface area contributed by atoms with Gasteiger partial charge in [0.25, 0.3) is 11.5 Å². The Morgan fingerprint density at radius 3 is 2.52 bits per heavy atom. The van der Waals surface area contributed by atoms with Crippen LogP contribution in [0.25, 0.3) is 0 Å². The molecule has 27 heavy (non-hydrogen) atoms. The minimum Gasteiger partial charge on any atom is -0.310 e. The van der Waals surface area contributed by atoms with E-state index in [1.165, 1.54) is 41.1 Å². The summed E-state index contributed by atoms with van der Waals surface area (Å²) in [6.07, 6.45) is 3.02. The van der Waals surface area contributed by atoms with Crippen LogP contribution >= 0.6 is 0 Å². The molecule has 0 saturated carbocycles. The highest BCUT2D eigenvalue weighted by molar-refractivity contribution is 5.94. The number of nitrogens with zero attached hydrogens (tertiary/aromatic N) is 2. The van der Waals surface area contributed by atoms with Crippen LogP contribution in [0.2, 0.25) is 0 Å². The van der Waals surface area contributed by atoms with E-state index in [0.717, 1.165) is 11.1 Å². The lowest BCUT2D eigenvalue weighted by molar-refractivity contribution is 0.0953. The average Bonchev–Trinajstić information content (AvgIpc) is 2.66. The molecule has 0 unspecified atom stereocenters. The summed E-state index contributed by atoms with van der Waals surface area (Å²) < 4.78 is 14.3. The Balaban J connectivity index is 1.72. The van der Waals surface area contributed by atoms with Gasteiger partial charge in [0, 0.05) is 6.20 Å². The topological polar surface area (TPSA) is 63.5 Å². The zero-order valence-electron chi connectivity index (χ0n) is 14.7. The van der Waals surface area contributed by atoms with Gasteiger partial charge in [0.1, 0.15) is 11.4 Å². The Bertz CT molecular complexity index is 1020. The van der Waals surface area contributed by atoms with Crippen molar-refractivity contribution in [3.05, 3.63) is 105 Å². The molecule has 0 radical (unpaired) electrons. The molecule has 1 N–H and O–H groups in total. The van der Waals surface area contributed by atoms with Gasteiger partial charge < -0.3 is 4.57 Å². The van der Waals surface area contributed by atoms with Gasteiger partial charge in [0.05, 0.1) is 12.8 Å². The van der Waals surface area contributed by atoms with E-state index in [-0.39, 0.29) is 11.4 Å². The number of pyridine rings is 1. The van der Waals surface area contributed by atoms with Crippen molar-refractivity contribution in [2.45, 2.75) is 13.5 Å². The van der Waals surface area contributed by atoms with Crippen molar-refractivity contribution in [1.29, 1.82) is 0 Å². The van der Waals surface area contributed by atoms with Crippen LogP contribution in [-0.2, 0) is 6.54 Å². The first-order valence-corrected chi connectivity index (χ1v) is 8.37. The molecule has 3 aromatic rings. The maximum absolute atomic E-state index is 12.9. The molecule has 0 atom stereocenters. The van der Waals surface area contributed by atoms with Gasteiger partial charge in [0.2, 0.25) is 0 Å². The number of nitrogens with one attached hydrogen (secondary N) is 1. The number of hydrogen-bond donors (Lipinski definition) is 1. The Morgan fingerprint density at radius 1 is 1.11 bits per heavy atom. The maximum Gasteiger partial charge on any atom is 0.276 e. The number of carbonyl (C=O) groups excluding carboxylic acids is 1. The average molecular weight is 363 g/mol. The van der Waals surface area contributed by atoms with Gasteiger partial charge in [-0.15, -0.1) is 0 Å². The molecule has 5 nitrogen and oxygen atoms in total. The Morgan fingerprint density at radius 2 is 1.81 bits per heavy atom. The molecule has 0 aliphatic rings. The first kappa shape index (κ1) is 18.3. The molecule has 0 aliphatic carbocycles. The number of aryl methyl sites for hydroxylation is 1. The molecular formula is C21H18FN3O2. The Hall–Kier alpha value is -3.54. The molecule has 0 bridgehead atoms. The zero-order chi connectivity index (χ0) is 19.2. The Labute approximate surface area is 155 Å². The highest BCUT2D eigenvalue weighted by Crippen LogP contribution is 2.05. The van der Waals surface area contributed by atoms with E-state index >= 15 is 0 Å². The lowest BCUT2D eigenvalue weighted by atomic mass is 10.1. The van der Waals surface area contributed by atoms with Gasteiger partial charge in [0.15, 0.2) is 0 Å². The van der Waals surface area contributed by atoms with Crippen LogP contribution in [0, 0.1) is 12.7 Å². The maximum atomic E-state index is 12.9. The number of carbonyl (C=O) groups is 1. The second kappa shape index (κ2) is 8.23. The van der Waals surface area contributed by atoms with E-state index in [2.05, 4.69) is 10.5 Å². The fourth-order valence-corrected chi connectivity index (χ4v) is 2.50. The van der Waals surface area contributed by atoms with Crippen molar-refractivity contribution in [1.82, 2.24) is 9.99 Å². The standard InChI is InChI=1S/C21H18FN3O2/c1-15-4-6-17(7-5-15)14-25-12-2-3-19(21(25)27)20(26)24-23-13-16-8-10-18(22)11-9-16/h2-13H,14H2,1H3,(H,24,26)/b23-13-. The predicted molar refractivity (Wildman–Crippen MR) is 102 cm³/mol. The molecule has 2 aromatic carbocycles. The van der Waals surface area contributed by atoms with E-state index in [0.29, 0.717) is 12.1 Å². The SMILES string of the molecule is Cc1ccc(Cn2cccc(C(=O)N/N=C\c3ccc(F)cc3)c2=O)cc1. The summed E-state index contributed by atoms with van der Waals surface area (Å²) in [6.45, 7) is 2.37. The van der Waals surface area contributed by atoms with Crippen molar-refractivity contribution in [3.63, 3.8) is 0 Å². The van der Waals surface area contributed by atoms with Gasteiger partial charge >= 0.3 is 0 Å². The minimum absolute atomic E-state index is 0.000804. The summed E-state index contributed by atoms with van der Waals surface area (Å²) in [5, 5.41) is 3.82. The first-order chi connectivity index (χ1) is 13.0. The zero-order valence-corrected chi connectivity index (χ0v) is 14.7. The number of rotatable bonds is 5. The van der Waals surface area contributed by atoms with Crippen molar-refractivity contribution >= 4 is 12.1 Å². The third-order valence-corrected chi connectivity index (χ3v) is 3.99. The highest BCUT2D eigenvalue weighted by Gasteiger charge is 2.11. The number of halogens is 1. The summed E-state index contributed by atoms with van der Waals surface area (Å²) in [4.78, 5) is 24.8. The summed E-state index contributed by atoms with van der Waals surface area (Å²) >= 11 is 0. The fourth-order valence-electron chi connectivity index (χ4n) is 2.50. The van der Waals surface area contributed by atoms with Crippen molar-refractivity contribution in [3.8, 4) is 0 Å². The van der Waals surface area contributed by atoms with Crippen molar-refractivity contribution in [2.24, 2.45) is 5.10 Å². The van der Waals surface area contributed by atoms with E-state index in [9.17, 15) is 14.0 Å². The quantitative estimate of drug-likeness (QED) is 0.559. The largest absolute Gasteiger partial charge is 0.310 e. The lowest BCUT2D eigenvalue weighted by Gasteiger charge is -2.08. The second-order valence-corrected chi connectivity index (χ2v) is 6.09. The number of benzene rings is 2. The molecule has 3 rings (SSSR count). The lowest BCUT2D eigenvalue weighted by Crippen LogP contribution is -2.30. The smallest absolute Gasteiger partial charge is 0.276 e. The van der Waals surface area contributed by atoms with Crippen LogP contribution in [0.4, 0.5) is 4.39 Å². The summed E-state index contributed by atoms with van der Waals surface area (Å²) in [5.74, 6) is -0.953. The van der Waals surface area contributed by atoms with E-state index in [1.807, 2.05) is 31.2 Å². The monoisotopic (exact) mass is 363 g/mol. The third kappa shape index (κ3) is 4.76. The molecule has 0 saturated heterocycles. The van der Waals surface area contributed by atoms with Crippen LogP contribution in [-0.4, -0.2) is 16.7 Å². The van der Waals surface area contributed by atoms with Gasteiger partial charge in [-0.1, -0.05) is 42.0 Å². The van der Waals surface area contributed by atoms with E-state index in [4.69, 9.17) is 0 Å². The van der Waals surface area contributed by atoms with Crippen molar-refractivity contribution in [2.75, 3.05) is 0 Å². The van der Waals surface area contributed by atoms with Gasteiger partial charge in [-0.3, -0.25) is 9.59 Å².